The smallest absolute Gasteiger partial charge is 0.462 e. The Morgan fingerprint density at radius 1 is 0.500 bits per heavy atom. The SMILES string of the molecule is CCCCCCCC/C=C/CCCCCCCC(=O)OCC(COP(=O)(O)OC1C(O)C(O)C(O)C(OP(=O)(O)O)C1O)OC(=O)CCCCCCC/C=C/CCCCCCCC.N. The zero-order valence-electron chi connectivity index (χ0n) is 39.0. The van der Waals surface area contributed by atoms with Crippen LogP contribution in [-0.2, 0) is 41.8 Å². The van der Waals surface area contributed by atoms with Gasteiger partial charge in [-0.15, -0.1) is 0 Å². The van der Waals surface area contributed by atoms with E-state index in [1.54, 1.807) is 0 Å². The van der Waals surface area contributed by atoms with Gasteiger partial charge < -0.3 is 50.7 Å². The summed E-state index contributed by atoms with van der Waals surface area (Å²) in [6.07, 6.45) is 22.8. The summed E-state index contributed by atoms with van der Waals surface area (Å²) in [5.74, 6) is -1.22. The van der Waals surface area contributed by atoms with E-state index in [-0.39, 0.29) is 19.0 Å². The monoisotopic (exact) mass is 960 g/mol. The van der Waals surface area contributed by atoms with Gasteiger partial charge in [-0.3, -0.25) is 23.2 Å². The van der Waals surface area contributed by atoms with Crippen LogP contribution in [0.25, 0.3) is 0 Å². The van der Waals surface area contributed by atoms with Gasteiger partial charge in [0.1, 0.15) is 43.2 Å². The molecule has 0 spiro atoms. The number of aliphatic hydroxyl groups is 4. The molecule has 0 saturated heterocycles. The Balaban J connectivity index is 0.0000397. The molecule has 0 bridgehead atoms. The molecular formula is C45H87NO16P2. The molecule has 0 aromatic rings. The molecule has 0 amide bonds. The molecule has 8 atom stereocenters. The van der Waals surface area contributed by atoms with Crippen LogP contribution in [0.4, 0.5) is 0 Å². The summed E-state index contributed by atoms with van der Waals surface area (Å²) in [6, 6.07) is 0. The lowest BCUT2D eigenvalue weighted by atomic mass is 9.85. The number of phosphoric ester groups is 2. The van der Waals surface area contributed by atoms with Crippen molar-refractivity contribution in [2.45, 2.75) is 236 Å². The minimum absolute atomic E-state index is 0. The van der Waals surface area contributed by atoms with Crippen molar-refractivity contribution in [3.8, 4) is 0 Å². The Labute approximate surface area is 383 Å². The number of hydrogen-bond donors (Lipinski definition) is 8. The number of carbonyl (C=O) groups is 2. The lowest BCUT2D eigenvalue weighted by Crippen LogP contribution is -2.64. The van der Waals surface area contributed by atoms with Gasteiger partial charge in [-0.25, -0.2) is 9.13 Å². The number of unbranched alkanes of at least 4 members (excludes halogenated alkanes) is 22. The van der Waals surface area contributed by atoms with Crippen LogP contribution in [-0.4, -0.2) is 103 Å². The Kier molecular flexibility index (Phi) is 37.5. The van der Waals surface area contributed by atoms with E-state index in [0.717, 1.165) is 77.0 Å². The summed E-state index contributed by atoms with van der Waals surface area (Å²) >= 11 is 0. The van der Waals surface area contributed by atoms with E-state index in [0.29, 0.717) is 12.8 Å². The molecule has 1 fully saturated rings. The second-order valence-corrected chi connectivity index (χ2v) is 19.4. The first-order valence-electron chi connectivity index (χ1n) is 23.9. The average molecular weight is 960 g/mol. The highest BCUT2D eigenvalue weighted by Gasteiger charge is 2.54. The van der Waals surface area contributed by atoms with Gasteiger partial charge in [0.05, 0.1) is 6.61 Å². The van der Waals surface area contributed by atoms with Crippen LogP contribution in [0, 0.1) is 0 Å². The molecule has 0 heterocycles. The number of carbonyl (C=O) groups excluding carboxylic acids is 2. The minimum Gasteiger partial charge on any atom is -0.462 e. The number of ether oxygens (including phenoxy) is 2. The number of rotatable bonds is 40. The third kappa shape index (κ3) is 32.2. The van der Waals surface area contributed by atoms with Crippen molar-refractivity contribution >= 4 is 27.6 Å². The molecule has 1 saturated carbocycles. The summed E-state index contributed by atoms with van der Waals surface area (Å²) in [7, 11) is -10.7. The predicted molar refractivity (Wildman–Crippen MR) is 246 cm³/mol. The van der Waals surface area contributed by atoms with Crippen LogP contribution in [0.3, 0.4) is 0 Å². The topological polar surface area (TPSA) is 291 Å². The van der Waals surface area contributed by atoms with E-state index in [4.69, 9.17) is 28.3 Å². The summed E-state index contributed by atoms with van der Waals surface area (Å²) < 4.78 is 49.4. The summed E-state index contributed by atoms with van der Waals surface area (Å²) in [4.78, 5) is 54.2. The standard InChI is InChI=1S/C45H84O16P2.H3N/c1-3-5-7-9-11-13-15-17-19-21-23-25-27-29-31-33-38(46)57-35-37(59-39(47)34-32-30-28-26-24-22-20-18-16-14-12-10-8-6-4-2)36-58-63(55,56)61-45-42(50)40(48)41(49)44(43(45)51)60-62(52,53)54;/h17-20,37,40-45,48-51H,3-16,21-36H2,1-2H3,(H,55,56)(H2,52,53,54);1H3/b19-17+,20-18+;. The van der Waals surface area contributed by atoms with E-state index < -0.39 is 83.5 Å². The molecule has 0 aromatic heterocycles. The Morgan fingerprint density at radius 2 is 0.875 bits per heavy atom. The van der Waals surface area contributed by atoms with Crippen LogP contribution < -0.4 is 6.15 Å². The maximum Gasteiger partial charge on any atom is 0.472 e. The van der Waals surface area contributed by atoms with Crippen molar-refractivity contribution in [2.75, 3.05) is 13.2 Å². The van der Waals surface area contributed by atoms with E-state index in [2.05, 4.69) is 42.7 Å². The number of esters is 2. The van der Waals surface area contributed by atoms with Gasteiger partial charge in [0.15, 0.2) is 6.10 Å². The van der Waals surface area contributed by atoms with Crippen LogP contribution >= 0.6 is 15.6 Å². The highest BCUT2D eigenvalue weighted by Crippen LogP contribution is 2.49. The fraction of sp³-hybridized carbons (Fsp3) is 0.867. The van der Waals surface area contributed by atoms with Gasteiger partial charge in [-0.2, -0.15) is 0 Å². The van der Waals surface area contributed by atoms with Crippen molar-refractivity contribution in [3.05, 3.63) is 24.3 Å². The van der Waals surface area contributed by atoms with E-state index >= 15 is 0 Å². The number of phosphoric acid groups is 2. The van der Waals surface area contributed by atoms with Crippen LogP contribution in [0.1, 0.15) is 194 Å². The first-order valence-corrected chi connectivity index (χ1v) is 26.9. The molecule has 0 aliphatic heterocycles. The quantitative estimate of drug-likeness (QED) is 0.0123. The van der Waals surface area contributed by atoms with E-state index in [9.17, 15) is 44.0 Å². The van der Waals surface area contributed by atoms with Crippen molar-refractivity contribution in [2.24, 2.45) is 0 Å². The summed E-state index contributed by atoms with van der Waals surface area (Å²) in [5, 5.41) is 41.2. The summed E-state index contributed by atoms with van der Waals surface area (Å²) in [6.45, 7) is 3.09. The lowest BCUT2D eigenvalue weighted by Gasteiger charge is -2.43. The predicted octanol–water partition coefficient (Wildman–Crippen LogP) is 9.12. The zero-order chi connectivity index (χ0) is 46.8. The molecule has 1 rings (SSSR count). The Bertz CT molecular complexity index is 1330. The van der Waals surface area contributed by atoms with Crippen molar-refractivity contribution < 1.29 is 76.9 Å². The lowest BCUT2D eigenvalue weighted by molar-refractivity contribution is -0.216. The van der Waals surface area contributed by atoms with Crippen LogP contribution in [0.5, 0.6) is 0 Å². The van der Waals surface area contributed by atoms with Crippen LogP contribution in [0.15, 0.2) is 24.3 Å². The first kappa shape index (κ1) is 62.4. The second kappa shape index (κ2) is 38.4. The first-order chi connectivity index (χ1) is 30.1. The van der Waals surface area contributed by atoms with Gasteiger partial charge in [0, 0.05) is 12.8 Å². The minimum atomic E-state index is -5.36. The third-order valence-electron chi connectivity index (χ3n) is 11.0. The molecule has 17 nitrogen and oxygen atoms in total. The van der Waals surface area contributed by atoms with Gasteiger partial charge in [0.25, 0.3) is 0 Å². The van der Waals surface area contributed by atoms with Crippen molar-refractivity contribution in [1.29, 1.82) is 0 Å². The molecule has 378 valence electrons. The highest BCUT2D eigenvalue weighted by molar-refractivity contribution is 7.47. The second-order valence-electron chi connectivity index (χ2n) is 16.8. The van der Waals surface area contributed by atoms with Crippen LogP contribution in [0.2, 0.25) is 0 Å². The molecule has 64 heavy (non-hydrogen) atoms. The molecule has 19 heteroatoms. The number of hydrogen-bond acceptors (Lipinski definition) is 14. The molecule has 1 aliphatic rings. The number of allylic oxidation sites excluding steroid dienone is 4. The fourth-order valence-corrected chi connectivity index (χ4v) is 8.79. The molecule has 8 unspecified atom stereocenters. The zero-order valence-corrected chi connectivity index (χ0v) is 40.8. The van der Waals surface area contributed by atoms with E-state index in [1.165, 1.54) is 77.0 Å². The van der Waals surface area contributed by atoms with Gasteiger partial charge in [-0.1, -0.05) is 141 Å². The van der Waals surface area contributed by atoms with E-state index in [1.807, 2.05) is 0 Å². The highest BCUT2D eigenvalue weighted by atomic mass is 31.2. The molecular weight excluding hydrogens is 872 g/mol. The molecule has 0 aromatic carbocycles. The van der Waals surface area contributed by atoms with Gasteiger partial charge in [-0.05, 0) is 64.2 Å². The average Bonchev–Trinajstić information content (AvgIpc) is 3.23. The Hall–Kier alpha value is -1.56. The van der Waals surface area contributed by atoms with Gasteiger partial charge in [0.2, 0.25) is 0 Å². The normalized spacial score (nSPS) is 21.8. The maximum atomic E-state index is 13.0. The van der Waals surface area contributed by atoms with Crippen molar-refractivity contribution in [3.63, 3.8) is 0 Å². The Morgan fingerprint density at radius 3 is 1.30 bits per heavy atom. The molecule has 1 aliphatic carbocycles. The van der Waals surface area contributed by atoms with Crippen molar-refractivity contribution in [1.82, 2.24) is 6.15 Å². The molecule has 10 N–H and O–H groups in total. The summed E-state index contributed by atoms with van der Waals surface area (Å²) in [5.41, 5.74) is 0. The fourth-order valence-electron chi connectivity index (χ4n) is 7.25. The largest absolute Gasteiger partial charge is 0.472 e. The number of aliphatic hydroxyl groups excluding tert-OH is 4. The molecule has 0 radical (unpaired) electrons. The van der Waals surface area contributed by atoms with Gasteiger partial charge >= 0.3 is 27.6 Å². The maximum absolute atomic E-state index is 13.0. The third-order valence-corrected chi connectivity index (χ3v) is 12.5.